The molecule has 0 spiro atoms. The SMILES string of the molecule is O=C(O)CC(O)C(O)c1ccc2ccsc2c1. The molecule has 0 fully saturated rings. The van der Waals surface area contributed by atoms with E-state index >= 15 is 0 Å². The molecule has 0 radical (unpaired) electrons. The lowest BCUT2D eigenvalue weighted by Crippen LogP contribution is -2.21. The van der Waals surface area contributed by atoms with Gasteiger partial charge in [-0.1, -0.05) is 12.1 Å². The predicted molar refractivity (Wildman–Crippen MR) is 65.0 cm³/mol. The summed E-state index contributed by atoms with van der Waals surface area (Å²) < 4.78 is 1.00. The number of carboxylic acids is 1. The molecule has 1 aromatic carbocycles. The van der Waals surface area contributed by atoms with Gasteiger partial charge in [0, 0.05) is 4.70 Å². The number of aliphatic carboxylic acids is 1. The van der Waals surface area contributed by atoms with Crippen LogP contribution in [0, 0.1) is 0 Å². The summed E-state index contributed by atoms with van der Waals surface area (Å²) in [6, 6.07) is 7.28. The van der Waals surface area contributed by atoms with Gasteiger partial charge in [-0.3, -0.25) is 4.79 Å². The quantitative estimate of drug-likeness (QED) is 0.775. The monoisotopic (exact) mass is 252 g/mol. The molecule has 2 unspecified atom stereocenters. The maximum absolute atomic E-state index is 10.4. The minimum absolute atomic E-state index is 0.469. The van der Waals surface area contributed by atoms with Gasteiger partial charge >= 0.3 is 5.97 Å². The standard InChI is InChI=1S/C12H12O4S/c13-9(6-11(14)15)12(16)8-2-1-7-3-4-17-10(7)5-8/h1-5,9,12-13,16H,6H2,(H,14,15). The van der Waals surface area contributed by atoms with Gasteiger partial charge in [-0.2, -0.15) is 0 Å². The number of rotatable bonds is 4. The van der Waals surface area contributed by atoms with E-state index in [4.69, 9.17) is 5.11 Å². The molecule has 17 heavy (non-hydrogen) atoms. The van der Waals surface area contributed by atoms with Crippen molar-refractivity contribution in [1.82, 2.24) is 0 Å². The van der Waals surface area contributed by atoms with Crippen molar-refractivity contribution in [2.75, 3.05) is 0 Å². The average Bonchev–Trinajstić information content (AvgIpc) is 2.73. The van der Waals surface area contributed by atoms with E-state index in [1.54, 1.807) is 12.1 Å². The third-order valence-electron chi connectivity index (χ3n) is 2.57. The Morgan fingerprint density at radius 1 is 1.29 bits per heavy atom. The van der Waals surface area contributed by atoms with Gasteiger partial charge in [-0.05, 0) is 28.5 Å². The second kappa shape index (κ2) is 4.83. The van der Waals surface area contributed by atoms with E-state index in [1.165, 1.54) is 11.3 Å². The van der Waals surface area contributed by atoms with Gasteiger partial charge in [0.15, 0.2) is 0 Å². The fraction of sp³-hybridized carbons (Fsp3) is 0.250. The van der Waals surface area contributed by atoms with E-state index in [1.807, 2.05) is 17.5 Å². The fourth-order valence-electron chi connectivity index (χ4n) is 1.67. The Balaban J connectivity index is 2.23. The van der Waals surface area contributed by atoms with E-state index in [2.05, 4.69) is 0 Å². The summed E-state index contributed by atoms with van der Waals surface area (Å²) in [5, 5.41) is 30.9. The zero-order valence-corrected chi connectivity index (χ0v) is 9.72. The number of hydrogen-bond donors (Lipinski definition) is 3. The lowest BCUT2D eigenvalue weighted by Gasteiger charge is -2.16. The lowest BCUT2D eigenvalue weighted by molar-refractivity contribution is -0.141. The Morgan fingerprint density at radius 3 is 2.76 bits per heavy atom. The van der Waals surface area contributed by atoms with E-state index in [-0.39, 0.29) is 0 Å². The zero-order chi connectivity index (χ0) is 12.4. The Labute approximate surface area is 102 Å². The number of thiophene rings is 1. The van der Waals surface area contributed by atoms with Crippen molar-refractivity contribution >= 4 is 27.4 Å². The van der Waals surface area contributed by atoms with Crippen LogP contribution in [0.5, 0.6) is 0 Å². The van der Waals surface area contributed by atoms with E-state index in [0.29, 0.717) is 5.56 Å². The minimum Gasteiger partial charge on any atom is -0.481 e. The number of fused-ring (bicyclic) bond motifs is 1. The maximum Gasteiger partial charge on any atom is 0.306 e. The highest BCUT2D eigenvalue weighted by Gasteiger charge is 2.21. The van der Waals surface area contributed by atoms with Gasteiger partial charge in [0.05, 0.1) is 12.5 Å². The van der Waals surface area contributed by atoms with Crippen molar-refractivity contribution < 1.29 is 20.1 Å². The van der Waals surface area contributed by atoms with Gasteiger partial charge in [-0.25, -0.2) is 0 Å². The second-order valence-corrected chi connectivity index (χ2v) is 4.78. The van der Waals surface area contributed by atoms with Crippen molar-refractivity contribution in [3.63, 3.8) is 0 Å². The molecular weight excluding hydrogens is 240 g/mol. The van der Waals surface area contributed by atoms with Crippen molar-refractivity contribution in [3.05, 3.63) is 35.2 Å². The molecule has 0 bridgehead atoms. The van der Waals surface area contributed by atoms with Crippen LogP contribution in [0.3, 0.4) is 0 Å². The Hall–Kier alpha value is -1.43. The van der Waals surface area contributed by atoms with Crippen molar-refractivity contribution in [2.45, 2.75) is 18.6 Å². The number of carbonyl (C=O) groups is 1. The first-order chi connectivity index (χ1) is 8.08. The van der Waals surface area contributed by atoms with Crippen LogP contribution in [0.4, 0.5) is 0 Å². The highest BCUT2D eigenvalue weighted by Crippen LogP contribution is 2.26. The number of aliphatic hydroxyl groups excluding tert-OH is 2. The summed E-state index contributed by atoms with van der Waals surface area (Å²) >= 11 is 1.54. The molecule has 0 aliphatic rings. The first kappa shape index (κ1) is 12.0. The first-order valence-corrected chi connectivity index (χ1v) is 6.01. The van der Waals surface area contributed by atoms with E-state index in [0.717, 1.165) is 10.1 Å². The molecule has 0 saturated heterocycles. The summed E-state index contributed by atoms with van der Waals surface area (Å²) in [6.45, 7) is 0. The summed E-state index contributed by atoms with van der Waals surface area (Å²) in [6.07, 6.45) is -2.92. The maximum atomic E-state index is 10.4. The molecule has 1 aromatic heterocycles. The molecule has 3 N–H and O–H groups in total. The summed E-state index contributed by atoms with van der Waals surface area (Å²) in [4.78, 5) is 10.4. The van der Waals surface area contributed by atoms with Crippen molar-refractivity contribution in [1.29, 1.82) is 0 Å². The van der Waals surface area contributed by atoms with Crippen LogP contribution >= 0.6 is 11.3 Å². The minimum atomic E-state index is -1.29. The summed E-state index contributed by atoms with van der Waals surface area (Å²) in [5.74, 6) is -1.13. The van der Waals surface area contributed by atoms with Gasteiger partial charge < -0.3 is 15.3 Å². The van der Waals surface area contributed by atoms with Crippen LogP contribution in [-0.4, -0.2) is 27.4 Å². The normalized spacial score (nSPS) is 14.7. The largest absolute Gasteiger partial charge is 0.481 e. The van der Waals surface area contributed by atoms with Gasteiger partial charge in [0.1, 0.15) is 6.10 Å². The molecule has 90 valence electrons. The predicted octanol–water partition coefficient (Wildman–Crippen LogP) is 1.77. The summed E-state index contributed by atoms with van der Waals surface area (Å²) in [5.41, 5.74) is 0.536. The highest BCUT2D eigenvalue weighted by molar-refractivity contribution is 7.17. The van der Waals surface area contributed by atoms with E-state index in [9.17, 15) is 15.0 Å². The van der Waals surface area contributed by atoms with Crippen LogP contribution in [0.25, 0.3) is 10.1 Å². The number of aliphatic hydroxyl groups is 2. The summed E-state index contributed by atoms with van der Waals surface area (Å²) in [7, 11) is 0. The van der Waals surface area contributed by atoms with Gasteiger partial charge in [-0.15, -0.1) is 11.3 Å². The zero-order valence-electron chi connectivity index (χ0n) is 8.91. The molecule has 5 heteroatoms. The van der Waals surface area contributed by atoms with E-state index < -0.39 is 24.6 Å². The lowest BCUT2D eigenvalue weighted by atomic mass is 10.0. The fourth-order valence-corrected chi connectivity index (χ4v) is 2.51. The Morgan fingerprint density at radius 2 is 2.06 bits per heavy atom. The van der Waals surface area contributed by atoms with Crippen molar-refractivity contribution in [2.24, 2.45) is 0 Å². The Kier molecular flexibility index (Phi) is 3.42. The smallest absolute Gasteiger partial charge is 0.306 e. The first-order valence-electron chi connectivity index (χ1n) is 5.13. The molecular formula is C12H12O4S. The highest BCUT2D eigenvalue weighted by atomic mass is 32.1. The molecule has 0 aliphatic heterocycles. The third-order valence-corrected chi connectivity index (χ3v) is 3.45. The van der Waals surface area contributed by atoms with Crippen LogP contribution in [-0.2, 0) is 4.79 Å². The Bertz CT molecular complexity index is 534. The number of carboxylic acid groups (broad SMARTS) is 1. The topological polar surface area (TPSA) is 77.8 Å². The van der Waals surface area contributed by atoms with Crippen LogP contribution in [0.15, 0.2) is 29.6 Å². The molecule has 2 aromatic rings. The molecule has 0 amide bonds. The molecule has 0 saturated carbocycles. The van der Waals surface area contributed by atoms with Gasteiger partial charge in [0.25, 0.3) is 0 Å². The molecule has 2 rings (SSSR count). The molecule has 4 nitrogen and oxygen atoms in total. The molecule has 1 heterocycles. The second-order valence-electron chi connectivity index (χ2n) is 3.83. The number of benzene rings is 1. The van der Waals surface area contributed by atoms with Crippen molar-refractivity contribution in [3.8, 4) is 0 Å². The third kappa shape index (κ3) is 2.63. The molecule has 0 aliphatic carbocycles. The van der Waals surface area contributed by atoms with Gasteiger partial charge in [0.2, 0.25) is 0 Å². The van der Waals surface area contributed by atoms with Crippen LogP contribution < -0.4 is 0 Å². The average molecular weight is 252 g/mol. The number of hydrogen-bond acceptors (Lipinski definition) is 4. The van der Waals surface area contributed by atoms with Crippen LogP contribution in [0.1, 0.15) is 18.1 Å². The van der Waals surface area contributed by atoms with Crippen LogP contribution in [0.2, 0.25) is 0 Å². The molecule has 2 atom stereocenters.